The van der Waals surface area contributed by atoms with E-state index in [1.165, 1.54) is 90.4 Å². The van der Waals surface area contributed by atoms with E-state index in [9.17, 15) is 5.11 Å². The molecule has 1 atom stereocenters. The molecule has 3 rings (SSSR count). The Bertz CT molecular complexity index is 576. The summed E-state index contributed by atoms with van der Waals surface area (Å²) in [6, 6.07) is 0.657. The lowest BCUT2D eigenvalue weighted by atomic mass is 9.79. The van der Waals surface area contributed by atoms with Gasteiger partial charge in [0.05, 0.1) is 6.10 Å². The minimum absolute atomic E-state index is 0.0231. The van der Waals surface area contributed by atoms with E-state index in [1.807, 2.05) is 0 Å². The van der Waals surface area contributed by atoms with E-state index in [0.717, 1.165) is 37.1 Å². The molecule has 2 saturated carbocycles. The van der Waals surface area contributed by atoms with Gasteiger partial charge in [0.1, 0.15) is 0 Å². The lowest BCUT2D eigenvalue weighted by molar-refractivity contribution is 0.0444. The van der Waals surface area contributed by atoms with Gasteiger partial charge in [0, 0.05) is 43.3 Å². The maximum atomic E-state index is 9.56. The normalized spacial score (nSPS) is 31.7. The number of aliphatic hydroxyl groups excluding tert-OH is 1. The van der Waals surface area contributed by atoms with Gasteiger partial charge >= 0.3 is 0 Å². The monoisotopic (exact) mass is 508 g/mol. The molecule has 0 bridgehead atoms. The second kappa shape index (κ2) is 15.4. The van der Waals surface area contributed by atoms with Crippen molar-refractivity contribution in [1.82, 2.24) is 15.1 Å². The van der Waals surface area contributed by atoms with Crippen LogP contribution in [-0.2, 0) is 0 Å². The topological polar surface area (TPSA) is 38.7 Å². The van der Waals surface area contributed by atoms with Crippen molar-refractivity contribution < 1.29 is 5.11 Å². The van der Waals surface area contributed by atoms with Crippen LogP contribution in [0, 0.1) is 17.8 Å². The molecular weight excluding hydrogens is 442 g/mol. The quantitative estimate of drug-likeness (QED) is 0.331. The molecule has 3 fully saturated rings. The highest BCUT2D eigenvalue weighted by Crippen LogP contribution is 2.33. The van der Waals surface area contributed by atoms with Crippen molar-refractivity contribution in [3.63, 3.8) is 0 Å². The third-order valence-corrected chi connectivity index (χ3v) is 9.88. The van der Waals surface area contributed by atoms with Crippen molar-refractivity contribution in [2.24, 2.45) is 17.8 Å². The molecule has 4 nitrogen and oxygen atoms in total. The van der Waals surface area contributed by atoms with Gasteiger partial charge in [-0.3, -0.25) is 9.80 Å². The van der Waals surface area contributed by atoms with Crippen molar-refractivity contribution in [1.29, 1.82) is 0 Å². The Kier molecular flexibility index (Phi) is 13.7. The predicted octanol–water partition coefficient (Wildman–Crippen LogP) is 7.10. The molecule has 0 aromatic carbocycles. The standard InChI is InChI=1S/C17H34N2.C15H31NO/c1-5-6-15-7-9-16(10-8-15)12-19-11-14(2)18-13-17(19,3)4;1-5-11-16(15(3,4)6-2)12-13-7-9-14(17)10-8-13/h14-16,18H,5-13H2,1-4H3;13-14,17H,5-12H2,1-4H3/t14-,15?,16?;/m1./s1. The molecule has 214 valence electrons. The van der Waals surface area contributed by atoms with Crippen molar-refractivity contribution in [3.05, 3.63) is 0 Å². The number of hydrogen-bond donors (Lipinski definition) is 2. The summed E-state index contributed by atoms with van der Waals surface area (Å²) in [7, 11) is 0. The maximum absolute atomic E-state index is 9.56. The third kappa shape index (κ3) is 10.5. The van der Waals surface area contributed by atoms with E-state index >= 15 is 0 Å². The third-order valence-electron chi connectivity index (χ3n) is 9.88. The Morgan fingerprint density at radius 3 is 2.03 bits per heavy atom. The molecule has 2 N–H and O–H groups in total. The smallest absolute Gasteiger partial charge is 0.0540 e. The molecule has 36 heavy (non-hydrogen) atoms. The second-order valence-corrected chi connectivity index (χ2v) is 14.0. The van der Waals surface area contributed by atoms with Crippen molar-refractivity contribution >= 4 is 0 Å². The van der Waals surface area contributed by atoms with Gasteiger partial charge in [0.25, 0.3) is 0 Å². The van der Waals surface area contributed by atoms with Gasteiger partial charge < -0.3 is 10.4 Å². The van der Waals surface area contributed by atoms with E-state index in [1.54, 1.807) is 0 Å². The molecule has 0 aromatic rings. The summed E-state index contributed by atoms with van der Waals surface area (Å²) in [6.45, 7) is 24.8. The highest BCUT2D eigenvalue weighted by molar-refractivity contribution is 4.93. The summed E-state index contributed by atoms with van der Waals surface area (Å²) in [5.41, 5.74) is 0.666. The molecule has 1 saturated heterocycles. The van der Waals surface area contributed by atoms with Gasteiger partial charge in [-0.25, -0.2) is 0 Å². The van der Waals surface area contributed by atoms with Crippen LogP contribution in [0.1, 0.15) is 132 Å². The fraction of sp³-hybridized carbons (Fsp3) is 1.00. The van der Waals surface area contributed by atoms with Gasteiger partial charge in [-0.2, -0.15) is 0 Å². The van der Waals surface area contributed by atoms with Crippen LogP contribution < -0.4 is 5.32 Å². The molecular formula is C32H65N3O. The summed E-state index contributed by atoms with van der Waals surface area (Å²) >= 11 is 0. The van der Waals surface area contributed by atoms with E-state index in [2.05, 4.69) is 70.5 Å². The van der Waals surface area contributed by atoms with Crippen molar-refractivity contribution in [2.75, 3.05) is 32.7 Å². The van der Waals surface area contributed by atoms with E-state index < -0.39 is 0 Å². The first-order valence-corrected chi connectivity index (χ1v) is 15.9. The molecule has 2 aliphatic carbocycles. The Morgan fingerprint density at radius 2 is 1.47 bits per heavy atom. The first kappa shape index (κ1) is 32.1. The number of nitrogens with zero attached hydrogens (tertiary/aromatic N) is 2. The molecule has 0 amide bonds. The fourth-order valence-corrected chi connectivity index (χ4v) is 6.70. The molecule has 0 spiro atoms. The Hall–Kier alpha value is -0.160. The number of hydrogen-bond acceptors (Lipinski definition) is 4. The predicted molar refractivity (Wildman–Crippen MR) is 158 cm³/mol. The van der Waals surface area contributed by atoms with E-state index in [0.29, 0.717) is 17.1 Å². The Labute approximate surface area is 226 Å². The van der Waals surface area contributed by atoms with Crippen molar-refractivity contribution in [3.8, 4) is 0 Å². The second-order valence-electron chi connectivity index (χ2n) is 14.0. The largest absolute Gasteiger partial charge is 0.393 e. The molecule has 3 aliphatic rings. The van der Waals surface area contributed by atoms with Crippen LogP contribution in [0.3, 0.4) is 0 Å². The van der Waals surface area contributed by atoms with Crippen LogP contribution in [0.2, 0.25) is 0 Å². The molecule has 1 heterocycles. The van der Waals surface area contributed by atoms with Gasteiger partial charge in [0.2, 0.25) is 0 Å². The SMILES string of the molecule is CCCC1CCC(CN2C[C@@H](C)NCC2(C)C)CC1.CCCN(CC1CCC(O)CC1)C(C)(C)CC. The van der Waals surface area contributed by atoms with Crippen molar-refractivity contribution in [2.45, 2.75) is 156 Å². The summed E-state index contributed by atoms with van der Waals surface area (Å²) < 4.78 is 0. The molecule has 0 unspecified atom stereocenters. The highest BCUT2D eigenvalue weighted by Gasteiger charge is 2.34. The van der Waals surface area contributed by atoms with Gasteiger partial charge in [-0.05, 0) is 110 Å². The van der Waals surface area contributed by atoms with Crippen LogP contribution in [-0.4, -0.2) is 70.9 Å². The van der Waals surface area contributed by atoms with Gasteiger partial charge in [-0.1, -0.05) is 46.5 Å². The van der Waals surface area contributed by atoms with Crippen LogP contribution in [0.25, 0.3) is 0 Å². The minimum atomic E-state index is -0.0231. The zero-order valence-electron chi connectivity index (χ0n) is 25.7. The minimum Gasteiger partial charge on any atom is -0.393 e. The van der Waals surface area contributed by atoms with Gasteiger partial charge in [-0.15, -0.1) is 0 Å². The number of aliphatic hydroxyl groups is 1. The van der Waals surface area contributed by atoms with E-state index in [4.69, 9.17) is 0 Å². The van der Waals surface area contributed by atoms with Crippen LogP contribution in [0.15, 0.2) is 0 Å². The van der Waals surface area contributed by atoms with Crippen LogP contribution in [0.4, 0.5) is 0 Å². The highest BCUT2D eigenvalue weighted by atomic mass is 16.3. The maximum Gasteiger partial charge on any atom is 0.0540 e. The van der Waals surface area contributed by atoms with E-state index in [-0.39, 0.29) is 6.10 Å². The Morgan fingerprint density at radius 1 is 0.889 bits per heavy atom. The first-order valence-electron chi connectivity index (χ1n) is 15.9. The number of rotatable bonds is 10. The Balaban J connectivity index is 0.000000255. The van der Waals surface area contributed by atoms with Crippen LogP contribution in [0.5, 0.6) is 0 Å². The fourth-order valence-electron chi connectivity index (χ4n) is 6.70. The summed E-state index contributed by atoms with van der Waals surface area (Å²) in [6.07, 6.45) is 15.6. The average molecular weight is 508 g/mol. The number of piperazine rings is 1. The summed E-state index contributed by atoms with van der Waals surface area (Å²) in [4.78, 5) is 5.41. The first-order chi connectivity index (χ1) is 17.0. The molecule has 0 aromatic heterocycles. The summed E-state index contributed by atoms with van der Waals surface area (Å²) in [5, 5.41) is 13.2. The lowest BCUT2D eigenvalue weighted by Crippen LogP contribution is -2.62. The molecule has 4 heteroatoms. The zero-order valence-corrected chi connectivity index (χ0v) is 25.7. The van der Waals surface area contributed by atoms with Gasteiger partial charge in [0.15, 0.2) is 0 Å². The molecule has 0 radical (unpaired) electrons. The summed E-state index contributed by atoms with van der Waals surface area (Å²) in [5.74, 6) is 2.80. The molecule has 1 aliphatic heterocycles. The average Bonchev–Trinajstić information content (AvgIpc) is 2.84. The van der Waals surface area contributed by atoms with Crippen LogP contribution >= 0.6 is 0 Å². The zero-order chi connectivity index (χ0) is 26.8. The number of nitrogens with one attached hydrogen (secondary N) is 1. The lowest BCUT2D eigenvalue weighted by Gasteiger charge is -2.47.